The van der Waals surface area contributed by atoms with Crippen LogP contribution < -0.4 is 22.1 Å². The van der Waals surface area contributed by atoms with Crippen molar-refractivity contribution in [1.29, 1.82) is 0 Å². The smallest absolute Gasteiger partial charge is 0.320 e. The molecule has 27 heavy (non-hydrogen) atoms. The van der Waals surface area contributed by atoms with Crippen LogP contribution in [0.4, 0.5) is 5.69 Å². The number of carbonyl (C=O) groups excluding carboxylic acids is 1. The van der Waals surface area contributed by atoms with Gasteiger partial charge in [0, 0.05) is 11.1 Å². The quantitative estimate of drug-likeness (QED) is 0.377. The maximum atomic E-state index is 12.5. The number of thiophene rings is 1. The van der Waals surface area contributed by atoms with Gasteiger partial charge in [-0.2, -0.15) is 0 Å². The molecule has 3 aromatic heterocycles. The van der Waals surface area contributed by atoms with Gasteiger partial charge in [-0.25, -0.2) is 9.78 Å². The number of hydrogen-bond acceptors (Lipinski definition) is 7. The van der Waals surface area contributed by atoms with Gasteiger partial charge in [-0.05, 0) is 31.2 Å². The minimum absolute atomic E-state index is 0.0435. The van der Waals surface area contributed by atoms with Crippen molar-refractivity contribution in [3.8, 4) is 0 Å². The lowest BCUT2D eigenvalue weighted by atomic mass is 9.97. The van der Waals surface area contributed by atoms with E-state index in [1.165, 1.54) is 4.88 Å². The van der Waals surface area contributed by atoms with Crippen LogP contribution in [0.5, 0.6) is 0 Å². The zero-order valence-electron chi connectivity index (χ0n) is 14.0. The van der Waals surface area contributed by atoms with Gasteiger partial charge in [0.15, 0.2) is 5.16 Å². The van der Waals surface area contributed by atoms with Gasteiger partial charge in [-0.1, -0.05) is 11.8 Å². The van der Waals surface area contributed by atoms with E-state index >= 15 is 0 Å². The molecule has 0 saturated heterocycles. The Kier molecular flexibility index (Phi) is 4.70. The van der Waals surface area contributed by atoms with E-state index in [0.29, 0.717) is 15.4 Å². The van der Waals surface area contributed by atoms with Gasteiger partial charge < -0.3 is 15.3 Å². The summed E-state index contributed by atoms with van der Waals surface area (Å²) in [5, 5.41) is 3.44. The number of hydrogen-bond donors (Lipinski definition) is 4. The molecule has 1 aliphatic rings. The second-order valence-corrected chi connectivity index (χ2v) is 8.13. The molecule has 0 aliphatic heterocycles. The summed E-state index contributed by atoms with van der Waals surface area (Å²) >= 11 is 2.62. The summed E-state index contributed by atoms with van der Waals surface area (Å²) in [6.07, 6.45) is 5.23. The van der Waals surface area contributed by atoms with Crippen molar-refractivity contribution >= 4 is 44.9 Å². The van der Waals surface area contributed by atoms with E-state index in [2.05, 4.69) is 20.3 Å². The van der Waals surface area contributed by atoms with Crippen molar-refractivity contribution in [2.24, 2.45) is 0 Å². The summed E-state index contributed by atoms with van der Waals surface area (Å²) in [7, 11) is 0. The lowest BCUT2D eigenvalue weighted by Gasteiger charge is -2.09. The Balaban J connectivity index is 1.50. The number of aromatic amines is 3. The number of H-pyrrole nitrogens is 3. The molecule has 0 fully saturated rings. The number of aromatic nitrogens is 4. The van der Waals surface area contributed by atoms with E-state index < -0.39 is 17.2 Å². The van der Waals surface area contributed by atoms with Crippen molar-refractivity contribution in [1.82, 2.24) is 19.9 Å². The predicted molar refractivity (Wildman–Crippen MR) is 104 cm³/mol. The number of aryl methyl sites for hydroxylation is 2. The largest absolute Gasteiger partial charge is 0.325 e. The summed E-state index contributed by atoms with van der Waals surface area (Å²) < 4.78 is 0. The number of thioether (sulfide) groups is 1. The zero-order valence-corrected chi connectivity index (χ0v) is 15.6. The maximum Gasteiger partial charge on any atom is 0.325 e. The van der Waals surface area contributed by atoms with Crippen LogP contribution in [-0.4, -0.2) is 31.6 Å². The average molecular weight is 405 g/mol. The fourth-order valence-electron chi connectivity index (χ4n) is 3.04. The minimum atomic E-state index is -0.686. The number of anilines is 1. The molecule has 4 N–H and O–H groups in total. The highest BCUT2D eigenvalue weighted by Gasteiger charge is 2.20. The highest BCUT2D eigenvalue weighted by atomic mass is 32.2. The van der Waals surface area contributed by atoms with E-state index in [1.807, 2.05) is 4.98 Å². The van der Waals surface area contributed by atoms with E-state index in [-0.39, 0.29) is 17.0 Å². The van der Waals surface area contributed by atoms with Gasteiger partial charge in [0.2, 0.25) is 5.91 Å². The minimum Gasteiger partial charge on any atom is -0.320 e. The Hall–Kier alpha value is -2.66. The molecule has 140 valence electrons. The highest BCUT2D eigenvalue weighted by molar-refractivity contribution is 7.99. The lowest BCUT2D eigenvalue weighted by molar-refractivity contribution is -0.113. The monoisotopic (exact) mass is 405 g/mol. The van der Waals surface area contributed by atoms with Crippen LogP contribution in [-0.2, 0) is 17.6 Å². The molecule has 0 bridgehead atoms. The maximum absolute atomic E-state index is 12.5. The molecule has 9 nitrogen and oxygen atoms in total. The third-order valence-electron chi connectivity index (χ3n) is 4.24. The molecule has 3 heterocycles. The van der Waals surface area contributed by atoms with Crippen molar-refractivity contribution in [3.63, 3.8) is 0 Å². The van der Waals surface area contributed by atoms with E-state index in [1.54, 1.807) is 11.3 Å². The fraction of sp³-hybridized carbons (Fsp3) is 0.312. The predicted octanol–water partition coefficient (Wildman–Crippen LogP) is 0.971. The van der Waals surface area contributed by atoms with E-state index in [9.17, 15) is 19.2 Å². The molecule has 0 atom stereocenters. The number of carbonyl (C=O) groups is 1. The second kappa shape index (κ2) is 7.16. The first-order valence-corrected chi connectivity index (χ1v) is 10.1. The number of nitrogens with one attached hydrogen (secondary N) is 4. The van der Waals surface area contributed by atoms with Crippen molar-refractivity contribution in [2.75, 3.05) is 11.1 Å². The van der Waals surface area contributed by atoms with Crippen molar-refractivity contribution in [2.45, 2.75) is 30.8 Å². The zero-order chi connectivity index (χ0) is 19.0. The van der Waals surface area contributed by atoms with Crippen molar-refractivity contribution < 1.29 is 4.79 Å². The van der Waals surface area contributed by atoms with Crippen LogP contribution in [0.15, 0.2) is 25.7 Å². The molecule has 0 radical (unpaired) electrons. The molecular formula is C16H15N5O4S2. The van der Waals surface area contributed by atoms with Gasteiger partial charge in [-0.15, -0.1) is 11.3 Å². The Labute approximate surface area is 159 Å². The van der Waals surface area contributed by atoms with Crippen LogP contribution in [0.3, 0.4) is 0 Å². The third-order valence-corrected chi connectivity index (χ3v) is 6.30. The Morgan fingerprint density at radius 3 is 2.81 bits per heavy atom. The van der Waals surface area contributed by atoms with Crippen LogP contribution in [0.25, 0.3) is 10.2 Å². The summed E-state index contributed by atoms with van der Waals surface area (Å²) in [6, 6.07) is 0. The summed E-state index contributed by atoms with van der Waals surface area (Å²) in [4.78, 5) is 60.5. The van der Waals surface area contributed by atoms with Gasteiger partial charge >= 0.3 is 5.69 Å². The fourth-order valence-corrected chi connectivity index (χ4v) is 5.02. The summed E-state index contributed by atoms with van der Waals surface area (Å²) in [5.41, 5.74) is -0.459. The number of fused-ring (bicyclic) bond motifs is 3. The lowest BCUT2D eigenvalue weighted by Crippen LogP contribution is -2.27. The van der Waals surface area contributed by atoms with Crippen LogP contribution >= 0.6 is 23.1 Å². The molecule has 0 saturated carbocycles. The second-order valence-electron chi connectivity index (χ2n) is 6.08. The standard InChI is InChI=1S/C16H15N5O4S2/c22-10(18-8-5-17-15(25)19-12(8)23)6-26-16-20-13(24)11-7-3-1-2-4-9(7)27-14(11)21-16/h5H,1-4,6H2,(H,18,22)(H,20,21,24)(H2,17,19,23,25). The van der Waals surface area contributed by atoms with Gasteiger partial charge in [-0.3, -0.25) is 19.4 Å². The molecule has 0 unspecified atom stereocenters. The van der Waals surface area contributed by atoms with Crippen LogP contribution in [0, 0.1) is 0 Å². The normalized spacial score (nSPS) is 13.5. The average Bonchev–Trinajstić information content (AvgIpc) is 3.01. The molecule has 11 heteroatoms. The number of amides is 1. The first kappa shape index (κ1) is 17.7. The first-order valence-electron chi connectivity index (χ1n) is 8.30. The van der Waals surface area contributed by atoms with Gasteiger partial charge in [0.05, 0.1) is 11.1 Å². The molecule has 1 amide bonds. The van der Waals surface area contributed by atoms with E-state index in [0.717, 1.165) is 49.2 Å². The van der Waals surface area contributed by atoms with Gasteiger partial charge in [0.1, 0.15) is 10.5 Å². The third kappa shape index (κ3) is 3.60. The van der Waals surface area contributed by atoms with Crippen molar-refractivity contribution in [3.05, 3.63) is 47.8 Å². The summed E-state index contributed by atoms with van der Waals surface area (Å²) in [5.74, 6) is -0.497. The number of nitrogens with zero attached hydrogens (tertiary/aromatic N) is 1. The topological polar surface area (TPSA) is 141 Å². The van der Waals surface area contributed by atoms with Crippen LogP contribution in [0.2, 0.25) is 0 Å². The molecule has 3 aromatic rings. The molecule has 0 aromatic carbocycles. The summed E-state index contributed by atoms with van der Waals surface area (Å²) in [6.45, 7) is 0. The molecule has 1 aliphatic carbocycles. The molecule has 0 spiro atoms. The van der Waals surface area contributed by atoms with Crippen LogP contribution in [0.1, 0.15) is 23.3 Å². The Bertz CT molecular complexity index is 1210. The Morgan fingerprint density at radius 1 is 1.19 bits per heavy atom. The number of rotatable bonds is 4. The SMILES string of the molecule is O=C(CSc1nc2sc3c(c2c(=O)[nH]1)CCCC3)Nc1c[nH]c(=O)[nH]c1=O. The van der Waals surface area contributed by atoms with E-state index in [4.69, 9.17) is 0 Å². The molecule has 4 rings (SSSR count). The highest BCUT2D eigenvalue weighted by Crippen LogP contribution is 2.34. The molecular weight excluding hydrogens is 390 g/mol. The van der Waals surface area contributed by atoms with Gasteiger partial charge in [0.25, 0.3) is 11.1 Å². The first-order chi connectivity index (χ1) is 13.0. The Morgan fingerprint density at radius 2 is 2.00 bits per heavy atom.